The topological polar surface area (TPSA) is 52.6 Å². The predicted molar refractivity (Wildman–Crippen MR) is 106 cm³/mol. The second-order valence-corrected chi connectivity index (χ2v) is 7.03. The summed E-state index contributed by atoms with van der Waals surface area (Å²) in [6.07, 6.45) is 5.79. The Labute approximate surface area is 154 Å². The van der Waals surface area contributed by atoms with Crippen LogP contribution >= 0.6 is 11.3 Å². The fraction of sp³-hybridized carbons (Fsp3) is 0.474. The average molecular weight is 358 g/mol. The maximum Gasteiger partial charge on any atom is 0.191 e. The third-order valence-electron chi connectivity index (χ3n) is 4.29. The van der Waals surface area contributed by atoms with Crippen LogP contribution in [0, 0.1) is 0 Å². The quantitative estimate of drug-likeness (QED) is 0.615. The van der Waals surface area contributed by atoms with Crippen molar-refractivity contribution >= 4 is 23.1 Å². The summed E-state index contributed by atoms with van der Waals surface area (Å²) in [5.41, 5.74) is 2.48. The highest BCUT2D eigenvalue weighted by molar-refractivity contribution is 7.07. The van der Waals surface area contributed by atoms with E-state index >= 15 is 0 Å². The van der Waals surface area contributed by atoms with E-state index in [1.807, 2.05) is 6.20 Å². The van der Waals surface area contributed by atoms with Gasteiger partial charge in [-0.3, -0.25) is 0 Å². The number of pyridine rings is 1. The molecule has 0 aliphatic carbocycles. The Balaban J connectivity index is 1.59. The minimum atomic E-state index is 0.703. The standard InChI is InChI=1S/C19H27N5S/c1-2-20-19(23-14-17-7-11-25-15-17)22-13-16-6-8-21-18(12-16)24-9-4-3-5-10-24/h6-8,11-12,15H,2-5,9-10,13-14H2,1H3,(H2,20,22,23). The van der Waals surface area contributed by atoms with Crippen LogP contribution in [-0.4, -0.2) is 30.6 Å². The van der Waals surface area contributed by atoms with Crippen molar-refractivity contribution < 1.29 is 0 Å². The van der Waals surface area contributed by atoms with E-state index in [9.17, 15) is 0 Å². The monoisotopic (exact) mass is 357 g/mol. The molecule has 25 heavy (non-hydrogen) atoms. The summed E-state index contributed by atoms with van der Waals surface area (Å²) >= 11 is 1.71. The van der Waals surface area contributed by atoms with E-state index in [-0.39, 0.29) is 0 Å². The molecule has 6 heteroatoms. The number of aliphatic imine (C=N–C) groups is 1. The van der Waals surface area contributed by atoms with Crippen LogP contribution in [0.1, 0.15) is 37.3 Å². The number of anilines is 1. The van der Waals surface area contributed by atoms with Crippen LogP contribution < -0.4 is 15.5 Å². The lowest BCUT2D eigenvalue weighted by Crippen LogP contribution is -2.37. The van der Waals surface area contributed by atoms with Gasteiger partial charge in [0.1, 0.15) is 5.82 Å². The van der Waals surface area contributed by atoms with Crippen molar-refractivity contribution in [3.8, 4) is 0 Å². The Hall–Kier alpha value is -2.08. The minimum absolute atomic E-state index is 0.703. The average Bonchev–Trinajstić information content (AvgIpc) is 3.18. The van der Waals surface area contributed by atoms with Crippen LogP contribution in [0.2, 0.25) is 0 Å². The molecule has 1 aliphatic heterocycles. The lowest BCUT2D eigenvalue weighted by atomic mass is 10.1. The summed E-state index contributed by atoms with van der Waals surface area (Å²) < 4.78 is 0. The summed E-state index contributed by atoms with van der Waals surface area (Å²) in [6.45, 7) is 6.63. The van der Waals surface area contributed by atoms with Gasteiger partial charge in [0.15, 0.2) is 5.96 Å². The summed E-state index contributed by atoms with van der Waals surface area (Å²) in [5, 5.41) is 11.0. The Morgan fingerprint density at radius 1 is 1.20 bits per heavy atom. The molecule has 2 aromatic rings. The van der Waals surface area contributed by atoms with E-state index in [1.165, 1.54) is 30.4 Å². The van der Waals surface area contributed by atoms with Crippen LogP contribution in [0.25, 0.3) is 0 Å². The number of hydrogen-bond acceptors (Lipinski definition) is 4. The minimum Gasteiger partial charge on any atom is -0.357 e. The first kappa shape index (κ1) is 17.7. The number of nitrogens with one attached hydrogen (secondary N) is 2. The first-order chi connectivity index (χ1) is 12.3. The van der Waals surface area contributed by atoms with Gasteiger partial charge >= 0.3 is 0 Å². The molecule has 5 nitrogen and oxygen atoms in total. The molecule has 0 bridgehead atoms. The molecule has 3 heterocycles. The zero-order chi connectivity index (χ0) is 17.3. The highest BCUT2D eigenvalue weighted by Crippen LogP contribution is 2.18. The van der Waals surface area contributed by atoms with E-state index in [0.29, 0.717) is 6.54 Å². The first-order valence-corrected chi connectivity index (χ1v) is 10.0. The Kier molecular flexibility index (Phi) is 6.68. The Morgan fingerprint density at radius 2 is 2.08 bits per heavy atom. The van der Waals surface area contributed by atoms with Gasteiger partial charge in [0, 0.05) is 32.4 Å². The number of aromatic nitrogens is 1. The van der Waals surface area contributed by atoms with Crippen LogP contribution in [0.3, 0.4) is 0 Å². The van der Waals surface area contributed by atoms with E-state index in [0.717, 1.165) is 38.0 Å². The molecule has 0 amide bonds. The van der Waals surface area contributed by atoms with Gasteiger partial charge in [0.25, 0.3) is 0 Å². The van der Waals surface area contributed by atoms with Gasteiger partial charge in [-0.1, -0.05) is 0 Å². The maximum absolute atomic E-state index is 4.66. The van der Waals surface area contributed by atoms with Crippen molar-refractivity contribution in [2.24, 2.45) is 4.99 Å². The van der Waals surface area contributed by atoms with Crippen molar-refractivity contribution in [1.29, 1.82) is 0 Å². The van der Waals surface area contributed by atoms with Crippen LogP contribution in [0.4, 0.5) is 5.82 Å². The van der Waals surface area contributed by atoms with Crippen molar-refractivity contribution in [3.63, 3.8) is 0 Å². The molecule has 1 aliphatic rings. The maximum atomic E-state index is 4.66. The highest BCUT2D eigenvalue weighted by atomic mass is 32.1. The summed E-state index contributed by atoms with van der Waals surface area (Å²) in [4.78, 5) is 11.6. The first-order valence-electron chi connectivity index (χ1n) is 9.08. The number of piperidine rings is 1. The smallest absolute Gasteiger partial charge is 0.191 e. The molecule has 3 rings (SSSR count). The van der Waals surface area contributed by atoms with E-state index in [2.05, 4.69) is 61.4 Å². The molecule has 0 saturated carbocycles. The van der Waals surface area contributed by atoms with Gasteiger partial charge in [0.2, 0.25) is 0 Å². The highest BCUT2D eigenvalue weighted by Gasteiger charge is 2.12. The number of nitrogens with zero attached hydrogens (tertiary/aromatic N) is 3. The second-order valence-electron chi connectivity index (χ2n) is 6.25. The molecule has 2 aromatic heterocycles. The van der Waals surface area contributed by atoms with Gasteiger partial charge in [-0.25, -0.2) is 9.98 Å². The largest absolute Gasteiger partial charge is 0.357 e. The van der Waals surface area contributed by atoms with E-state index < -0.39 is 0 Å². The molecular weight excluding hydrogens is 330 g/mol. The second kappa shape index (κ2) is 9.42. The fourth-order valence-electron chi connectivity index (χ4n) is 2.95. The number of hydrogen-bond donors (Lipinski definition) is 2. The molecule has 0 atom stereocenters. The van der Waals surface area contributed by atoms with Crippen molar-refractivity contribution in [1.82, 2.24) is 15.6 Å². The molecular formula is C19H27N5S. The molecule has 1 saturated heterocycles. The zero-order valence-corrected chi connectivity index (χ0v) is 15.7. The molecule has 2 N–H and O–H groups in total. The molecule has 0 aromatic carbocycles. The van der Waals surface area contributed by atoms with Gasteiger partial charge in [-0.15, -0.1) is 0 Å². The Bertz CT molecular complexity index is 662. The van der Waals surface area contributed by atoms with E-state index in [4.69, 9.17) is 0 Å². The van der Waals surface area contributed by atoms with Gasteiger partial charge in [0.05, 0.1) is 6.54 Å². The summed E-state index contributed by atoms with van der Waals surface area (Å²) in [5.74, 6) is 1.95. The number of rotatable bonds is 6. The number of guanidine groups is 1. The number of thiophene rings is 1. The van der Waals surface area contributed by atoms with E-state index in [1.54, 1.807) is 11.3 Å². The van der Waals surface area contributed by atoms with Gasteiger partial charge in [-0.05, 0) is 66.3 Å². The molecule has 0 unspecified atom stereocenters. The third kappa shape index (κ3) is 5.46. The SMILES string of the molecule is CCNC(=NCc1ccsc1)NCc1ccnc(N2CCCCC2)c1. The molecule has 134 valence electrons. The summed E-state index contributed by atoms with van der Waals surface area (Å²) in [6, 6.07) is 6.38. The lowest BCUT2D eigenvalue weighted by molar-refractivity contribution is 0.573. The normalized spacial score (nSPS) is 15.2. The molecule has 1 fully saturated rings. The Morgan fingerprint density at radius 3 is 2.84 bits per heavy atom. The van der Waals surface area contributed by atoms with Crippen LogP contribution in [-0.2, 0) is 13.1 Å². The zero-order valence-electron chi connectivity index (χ0n) is 14.9. The fourth-order valence-corrected chi connectivity index (χ4v) is 3.61. The summed E-state index contributed by atoms with van der Waals surface area (Å²) in [7, 11) is 0. The molecule has 0 radical (unpaired) electrons. The lowest BCUT2D eigenvalue weighted by Gasteiger charge is -2.28. The third-order valence-corrected chi connectivity index (χ3v) is 5.03. The van der Waals surface area contributed by atoms with Gasteiger partial charge in [-0.2, -0.15) is 11.3 Å². The van der Waals surface area contributed by atoms with Crippen LogP contribution in [0.15, 0.2) is 40.1 Å². The molecule has 0 spiro atoms. The van der Waals surface area contributed by atoms with Crippen molar-refractivity contribution in [2.75, 3.05) is 24.5 Å². The predicted octanol–water partition coefficient (Wildman–Crippen LogP) is 3.39. The van der Waals surface area contributed by atoms with Crippen LogP contribution in [0.5, 0.6) is 0 Å². The van der Waals surface area contributed by atoms with Crippen molar-refractivity contribution in [2.45, 2.75) is 39.3 Å². The van der Waals surface area contributed by atoms with Crippen molar-refractivity contribution in [3.05, 3.63) is 46.3 Å². The van der Waals surface area contributed by atoms with Gasteiger partial charge < -0.3 is 15.5 Å².